The molecule has 1 atom stereocenters. The number of fused-ring (bicyclic) bond motifs is 2. The summed E-state index contributed by atoms with van der Waals surface area (Å²) in [6.45, 7) is 1.56. The van der Waals surface area contributed by atoms with Crippen LogP contribution in [0.25, 0.3) is 16.5 Å². The van der Waals surface area contributed by atoms with Gasteiger partial charge < -0.3 is 4.74 Å². The maximum atomic E-state index is 13.2. The van der Waals surface area contributed by atoms with E-state index in [1.807, 2.05) is 0 Å². The van der Waals surface area contributed by atoms with E-state index < -0.39 is 28.1 Å². The summed E-state index contributed by atoms with van der Waals surface area (Å²) in [5, 5.41) is 11.4. The number of esters is 1. The van der Waals surface area contributed by atoms with Gasteiger partial charge in [0.25, 0.3) is 16.8 Å². The second-order valence-corrected chi connectivity index (χ2v) is 6.55. The van der Waals surface area contributed by atoms with Gasteiger partial charge in [-0.1, -0.05) is 12.1 Å². The second kappa shape index (κ2) is 6.55. The quantitative estimate of drug-likeness (QED) is 0.382. The number of benzene rings is 2. The largest absolute Gasteiger partial charge is 0.466 e. The number of non-ortho nitro benzene ring substituents is 1. The van der Waals surface area contributed by atoms with E-state index in [-0.39, 0.29) is 27.7 Å². The third-order valence-electron chi connectivity index (χ3n) is 5.05. The van der Waals surface area contributed by atoms with Gasteiger partial charge in [0.05, 0.1) is 34.1 Å². The van der Waals surface area contributed by atoms with E-state index in [4.69, 9.17) is 4.74 Å². The van der Waals surface area contributed by atoms with Gasteiger partial charge in [0, 0.05) is 12.1 Å². The van der Waals surface area contributed by atoms with Gasteiger partial charge in [-0.3, -0.25) is 19.7 Å². The predicted octanol–water partition coefficient (Wildman–Crippen LogP) is 2.08. The summed E-state index contributed by atoms with van der Waals surface area (Å²) in [7, 11) is 1.21. The highest BCUT2D eigenvalue weighted by Crippen LogP contribution is 2.35. The zero-order valence-electron chi connectivity index (χ0n) is 15.5. The molecule has 0 aliphatic carbocycles. The molecule has 0 N–H and O–H groups in total. The van der Waals surface area contributed by atoms with E-state index in [1.54, 1.807) is 31.2 Å². The predicted molar refractivity (Wildman–Crippen MR) is 105 cm³/mol. The fourth-order valence-corrected chi connectivity index (χ4v) is 3.72. The number of allylic oxidation sites excluding steroid dienone is 1. The van der Waals surface area contributed by atoms with Crippen molar-refractivity contribution in [3.63, 3.8) is 0 Å². The highest BCUT2D eigenvalue weighted by molar-refractivity contribution is 5.97. The fourth-order valence-electron chi connectivity index (χ4n) is 3.72. The third kappa shape index (κ3) is 2.59. The van der Waals surface area contributed by atoms with Crippen LogP contribution in [0.2, 0.25) is 0 Å². The maximum absolute atomic E-state index is 13.2. The zero-order chi connectivity index (χ0) is 20.9. The molecule has 4 rings (SSSR count). The molecule has 0 saturated heterocycles. The molecule has 29 heavy (non-hydrogen) atoms. The van der Waals surface area contributed by atoms with E-state index in [0.29, 0.717) is 5.56 Å². The third-order valence-corrected chi connectivity index (χ3v) is 5.05. The number of rotatable bonds is 3. The highest BCUT2D eigenvalue weighted by Gasteiger charge is 2.38. The van der Waals surface area contributed by atoms with Crippen molar-refractivity contribution in [1.82, 2.24) is 9.36 Å². The minimum atomic E-state index is -0.951. The van der Waals surface area contributed by atoms with Gasteiger partial charge in [-0.2, -0.15) is 0 Å². The first-order valence-electron chi connectivity index (χ1n) is 8.67. The van der Waals surface area contributed by atoms with Crippen LogP contribution in [0.15, 0.2) is 63.7 Å². The molecule has 9 heteroatoms. The molecule has 2 aromatic carbocycles. The Labute approximate surface area is 163 Å². The number of carbonyl (C=O) groups is 1. The molecular weight excluding hydrogens is 378 g/mol. The first-order valence-corrected chi connectivity index (χ1v) is 8.67. The average Bonchev–Trinajstić information content (AvgIpc) is 3.05. The van der Waals surface area contributed by atoms with Gasteiger partial charge in [-0.05, 0) is 36.8 Å². The van der Waals surface area contributed by atoms with Crippen molar-refractivity contribution in [3.8, 4) is 0 Å². The summed E-state index contributed by atoms with van der Waals surface area (Å²) in [5.41, 5.74) is -0.192. The SMILES string of the molecule is COC(=O)C1=C(C)n2c(=O)c3ccccc3c(=O)n2C1c1ccc([N+](=O)[O-])cc1. The van der Waals surface area contributed by atoms with Crippen molar-refractivity contribution in [1.29, 1.82) is 0 Å². The van der Waals surface area contributed by atoms with E-state index in [0.717, 1.165) is 0 Å². The minimum absolute atomic E-state index is 0.121. The summed E-state index contributed by atoms with van der Waals surface area (Å²) in [5.74, 6) is -0.690. The monoisotopic (exact) mass is 393 g/mol. The number of carbonyl (C=O) groups excluding carboxylic acids is 1. The van der Waals surface area contributed by atoms with E-state index in [2.05, 4.69) is 0 Å². The van der Waals surface area contributed by atoms with Crippen LogP contribution in [-0.2, 0) is 9.53 Å². The van der Waals surface area contributed by atoms with Crippen molar-refractivity contribution >= 4 is 28.1 Å². The van der Waals surface area contributed by atoms with Gasteiger partial charge in [0.1, 0.15) is 6.04 Å². The molecule has 0 radical (unpaired) electrons. The van der Waals surface area contributed by atoms with Crippen LogP contribution in [0.1, 0.15) is 18.5 Å². The number of aromatic nitrogens is 2. The van der Waals surface area contributed by atoms with Crippen LogP contribution >= 0.6 is 0 Å². The van der Waals surface area contributed by atoms with Gasteiger partial charge in [0.2, 0.25) is 0 Å². The van der Waals surface area contributed by atoms with Crippen LogP contribution in [-0.4, -0.2) is 27.4 Å². The lowest BCUT2D eigenvalue weighted by molar-refractivity contribution is -0.384. The molecular formula is C20H15N3O6. The summed E-state index contributed by atoms with van der Waals surface area (Å²) in [6, 6.07) is 10.9. The number of hydrogen-bond acceptors (Lipinski definition) is 6. The first kappa shape index (κ1) is 18.4. The molecule has 146 valence electrons. The highest BCUT2D eigenvalue weighted by atomic mass is 16.6. The van der Waals surface area contributed by atoms with Gasteiger partial charge >= 0.3 is 5.97 Å². The second-order valence-electron chi connectivity index (χ2n) is 6.55. The van der Waals surface area contributed by atoms with E-state index in [1.165, 1.54) is 40.7 Å². The average molecular weight is 393 g/mol. The standard InChI is InChI=1S/C20H15N3O6/c1-11-16(20(26)29-2)17(12-7-9-13(10-8-12)23(27)28)22-19(25)15-6-4-3-5-14(15)18(24)21(11)22/h3-10,17H,1-2H3. The summed E-state index contributed by atoms with van der Waals surface area (Å²) < 4.78 is 7.26. The molecule has 0 fully saturated rings. The number of hydrogen-bond donors (Lipinski definition) is 0. The smallest absolute Gasteiger partial charge is 0.338 e. The van der Waals surface area contributed by atoms with E-state index in [9.17, 15) is 24.5 Å². The molecule has 2 heterocycles. The Morgan fingerprint density at radius 3 is 2.17 bits per heavy atom. The Hall–Kier alpha value is -4.01. The lowest BCUT2D eigenvalue weighted by atomic mass is 9.98. The van der Waals surface area contributed by atoms with Crippen LogP contribution in [0.3, 0.4) is 0 Å². The van der Waals surface area contributed by atoms with Crippen LogP contribution in [0.5, 0.6) is 0 Å². The maximum Gasteiger partial charge on any atom is 0.338 e. The Bertz CT molecular complexity index is 1330. The summed E-state index contributed by atoms with van der Waals surface area (Å²) in [6.07, 6.45) is 0. The number of nitrogens with zero attached hydrogens (tertiary/aromatic N) is 3. The van der Waals surface area contributed by atoms with Crippen LogP contribution < -0.4 is 11.1 Å². The van der Waals surface area contributed by atoms with Crippen molar-refractivity contribution in [2.24, 2.45) is 0 Å². The molecule has 0 bridgehead atoms. The number of ether oxygens (including phenoxy) is 1. The van der Waals surface area contributed by atoms with Gasteiger partial charge in [-0.25, -0.2) is 14.2 Å². The van der Waals surface area contributed by atoms with E-state index >= 15 is 0 Å². The van der Waals surface area contributed by atoms with Crippen molar-refractivity contribution in [2.45, 2.75) is 13.0 Å². The molecule has 1 aliphatic rings. The minimum Gasteiger partial charge on any atom is -0.466 e. The summed E-state index contributed by atoms with van der Waals surface area (Å²) in [4.78, 5) is 49.3. The molecule has 1 unspecified atom stereocenters. The Kier molecular flexibility index (Phi) is 4.15. The normalized spacial score (nSPS) is 15.4. The zero-order valence-corrected chi connectivity index (χ0v) is 15.5. The molecule has 0 spiro atoms. The lowest BCUT2D eigenvalue weighted by Gasteiger charge is -2.18. The molecule has 1 aromatic heterocycles. The number of methoxy groups -OCH3 is 1. The molecule has 9 nitrogen and oxygen atoms in total. The van der Waals surface area contributed by atoms with Crippen LogP contribution in [0.4, 0.5) is 5.69 Å². The number of nitro benzene ring substituents is 1. The van der Waals surface area contributed by atoms with Gasteiger partial charge in [0.15, 0.2) is 0 Å². The van der Waals surface area contributed by atoms with Crippen LogP contribution in [0, 0.1) is 10.1 Å². The van der Waals surface area contributed by atoms with Crippen molar-refractivity contribution in [2.75, 3.05) is 7.11 Å². The fraction of sp³-hybridized carbons (Fsp3) is 0.150. The topological polar surface area (TPSA) is 113 Å². The Morgan fingerprint density at radius 1 is 1.03 bits per heavy atom. The first-order chi connectivity index (χ1) is 13.9. The molecule has 0 saturated carbocycles. The molecule has 0 amide bonds. The van der Waals surface area contributed by atoms with Crippen molar-refractivity contribution in [3.05, 3.63) is 90.5 Å². The Balaban J connectivity index is 2.08. The Morgan fingerprint density at radius 2 is 1.62 bits per heavy atom. The van der Waals surface area contributed by atoms with Crippen molar-refractivity contribution < 1.29 is 14.5 Å². The molecule has 3 aromatic rings. The summed E-state index contributed by atoms with van der Waals surface area (Å²) >= 11 is 0. The van der Waals surface area contributed by atoms with Gasteiger partial charge in [-0.15, -0.1) is 0 Å². The molecule has 1 aliphatic heterocycles. The lowest BCUT2D eigenvalue weighted by Crippen LogP contribution is -2.37. The number of nitro groups is 1.